The van der Waals surface area contributed by atoms with E-state index in [4.69, 9.17) is 23.2 Å². The number of anilines is 2. The second-order valence-electron chi connectivity index (χ2n) is 4.91. The second-order valence-corrected chi connectivity index (χ2v) is 6.56. The van der Waals surface area contributed by atoms with Crippen LogP contribution in [0.25, 0.3) is 0 Å². The number of nitrogens with zero attached hydrogens (tertiary/aromatic N) is 1. The number of rotatable bonds is 6. The molecule has 0 aliphatic rings. The Bertz CT molecular complexity index is 694. The zero-order chi connectivity index (χ0) is 16.8. The van der Waals surface area contributed by atoms with Gasteiger partial charge < -0.3 is 9.62 Å². The van der Waals surface area contributed by atoms with E-state index in [9.17, 15) is 4.79 Å². The Balaban J connectivity index is 2.25. The van der Waals surface area contributed by atoms with Crippen molar-refractivity contribution in [2.45, 2.75) is 13.3 Å². The van der Waals surface area contributed by atoms with E-state index in [1.807, 2.05) is 18.4 Å². The van der Waals surface area contributed by atoms with Gasteiger partial charge in [-0.15, -0.1) is 0 Å². The number of nitrogens with one attached hydrogen (secondary N) is 1. The van der Waals surface area contributed by atoms with Crippen LogP contribution in [-0.4, -0.2) is 18.7 Å². The Labute approximate surface area is 151 Å². The third-order valence-electron chi connectivity index (χ3n) is 3.21. The Kier molecular flexibility index (Phi) is 6.63. The van der Waals surface area contributed by atoms with Gasteiger partial charge in [-0.2, -0.15) is 0 Å². The molecule has 0 aromatic heterocycles. The molecule has 122 valence electrons. The average Bonchev–Trinajstić information content (AvgIpc) is 2.53. The number of carbonyl (C=O) groups excluding carboxylic acids is 1. The predicted molar refractivity (Wildman–Crippen MR) is 102 cm³/mol. The molecule has 0 radical (unpaired) electrons. The van der Waals surface area contributed by atoms with E-state index in [1.54, 1.807) is 42.3 Å². The summed E-state index contributed by atoms with van der Waals surface area (Å²) in [6.07, 6.45) is 3.03. The molecule has 0 unspecified atom stereocenters. The summed E-state index contributed by atoms with van der Waals surface area (Å²) in [6.45, 7) is 3.02. The molecule has 1 N–H and O–H groups in total. The van der Waals surface area contributed by atoms with Crippen LogP contribution in [0.15, 0.2) is 42.5 Å². The van der Waals surface area contributed by atoms with Gasteiger partial charge in [0.05, 0.1) is 10.6 Å². The van der Waals surface area contributed by atoms with Crippen LogP contribution in [0.4, 0.5) is 11.4 Å². The Hall–Kier alpha value is -1.36. The van der Waals surface area contributed by atoms with Crippen LogP contribution in [0.5, 0.6) is 0 Å². The first-order chi connectivity index (χ1) is 11.0. The molecule has 0 aliphatic heterocycles. The van der Waals surface area contributed by atoms with Crippen LogP contribution in [0.3, 0.4) is 0 Å². The summed E-state index contributed by atoms with van der Waals surface area (Å²) < 4.78 is 2.13. The van der Waals surface area contributed by atoms with Crippen LogP contribution < -0.4 is 9.62 Å². The smallest absolute Gasteiger partial charge is 0.257 e. The van der Waals surface area contributed by atoms with E-state index < -0.39 is 0 Å². The number of hydrogen-bond acceptors (Lipinski definition) is 3. The van der Waals surface area contributed by atoms with E-state index in [-0.39, 0.29) is 5.91 Å². The molecule has 0 heterocycles. The third-order valence-corrected chi connectivity index (χ3v) is 4.61. The standard InChI is InChI=1S/C17H18Cl2N2OS/c1-3-9-21(23-2)14-7-8-16(19)15(11-14)17(22)20-13-6-4-5-12(18)10-13/h4-8,10-11H,3,9H2,1-2H3,(H,20,22). The molecule has 0 saturated heterocycles. The van der Waals surface area contributed by atoms with Crippen molar-refractivity contribution in [3.05, 3.63) is 58.1 Å². The van der Waals surface area contributed by atoms with Crippen molar-refractivity contribution in [2.75, 3.05) is 22.4 Å². The lowest BCUT2D eigenvalue weighted by atomic mass is 10.1. The number of benzene rings is 2. The molecule has 0 aliphatic carbocycles. The number of halogens is 2. The van der Waals surface area contributed by atoms with Gasteiger partial charge in [0.1, 0.15) is 0 Å². The van der Waals surface area contributed by atoms with Gasteiger partial charge in [0, 0.05) is 29.2 Å². The fourth-order valence-corrected chi connectivity index (χ4v) is 3.22. The summed E-state index contributed by atoms with van der Waals surface area (Å²) in [6, 6.07) is 12.5. The van der Waals surface area contributed by atoms with Crippen LogP contribution in [-0.2, 0) is 0 Å². The van der Waals surface area contributed by atoms with Gasteiger partial charge >= 0.3 is 0 Å². The molecule has 2 aromatic rings. The second kappa shape index (κ2) is 8.48. The quantitative estimate of drug-likeness (QED) is 0.659. The molecule has 2 rings (SSSR count). The Morgan fingerprint density at radius 1 is 1.22 bits per heavy atom. The summed E-state index contributed by atoms with van der Waals surface area (Å²) >= 11 is 13.8. The van der Waals surface area contributed by atoms with Gasteiger partial charge in [-0.3, -0.25) is 4.79 Å². The van der Waals surface area contributed by atoms with Crippen LogP contribution >= 0.6 is 35.1 Å². The molecule has 0 saturated carbocycles. The highest BCUT2D eigenvalue weighted by Crippen LogP contribution is 2.27. The number of amides is 1. The monoisotopic (exact) mass is 368 g/mol. The van der Waals surface area contributed by atoms with E-state index in [0.717, 1.165) is 18.7 Å². The molecule has 23 heavy (non-hydrogen) atoms. The maximum absolute atomic E-state index is 12.5. The summed E-state index contributed by atoms with van der Waals surface area (Å²) in [5.41, 5.74) is 2.04. The number of carbonyl (C=O) groups is 1. The van der Waals surface area contributed by atoms with E-state index in [0.29, 0.717) is 21.3 Å². The predicted octanol–water partition coefficient (Wildman–Crippen LogP) is 5.74. The molecule has 2 aromatic carbocycles. The van der Waals surface area contributed by atoms with Crippen molar-refractivity contribution in [1.29, 1.82) is 0 Å². The Morgan fingerprint density at radius 2 is 2.00 bits per heavy atom. The SMILES string of the molecule is CCCN(SC)c1ccc(Cl)c(C(=O)Nc2cccc(Cl)c2)c1. The van der Waals surface area contributed by atoms with Gasteiger partial charge in [-0.25, -0.2) is 0 Å². The summed E-state index contributed by atoms with van der Waals surface area (Å²) in [5, 5.41) is 3.81. The highest BCUT2D eigenvalue weighted by atomic mass is 35.5. The average molecular weight is 369 g/mol. The Morgan fingerprint density at radius 3 is 2.65 bits per heavy atom. The minimum atomic E-state index is -0.253. The summed E-state index contributed by atoms with van der Waals surface area (Å²) in [7, 11) is 0. The summed E-state index contributed by atoms with van der Waals surface area (Å²) in [4.78, 5) is 12.5. The lowest BCUT2D eigenvalue weighted by molar-refractivity contribution is 0.102. The van der Waals surface area contributed by atoms with Gasteiger partial charge in [0.15, 0.2) is 0 Å². The van der Waals surface area contributed by atoms with E-state index in [1.165, 1.54) is 0 Å². The highest BCUT2D eigenvalue weighted by Gasteiger charge is 2.14. The van der Waals surface area contributed by atoms with Gasteiger partial charge in [-0.05, 0) is 42.8 Å². The highest BCUT2D eigenvalue weighted by molar-refractivity contribution is 7.99. The lowest BCUT2D eigenvalue weighted by Gasteiger charge is -2.21. The molecule has 0 spiro atoms. The first kappa shape index (κ1) is 18.0. The number of hydrogen-bond donors (Lipinski definition) is 1. The molecular weight excluding hydrogens is 351 g/mol. The van der Waals surface area contributed by atoms with E-state index >= 15 is 0 Å². The fourth-order valence-electron chi connectivity index (χ4n) is 2.14. The molecular formula is C17H18Cl2N2OS. The van der Waals surface area contributed by atoms with Gasteiger partial charge in [0.25, 0.3) is 5.91 Å². The minimum Gasteiger partial charge on any atom is -0.322 e. The maximum Gasteiger partial charge on any atom is 0.257 e. The molecule has 0 atom stereocenters. The van der Waals surface area contributed by atoms with Crippen LogP contribution in [0.2, 0.25) is 10.0 Å². The first-order valence-corrected chi connectivity index (χ1v) is 9.17. The third kappa shape index (κ3) is 4.80. The maximum atomic E-state index is 12.5. The van der Waals surface area contributed by atoms with Gasteiger partial charge in [0.2, 0.25) is 0 Å². The van der Waals surface area contributed by atoms with Crippen molar-refractivity contribution in [3.8, 4) is 0 Å². The van der Waals surface area contributed by atoms with Crippen molar-refractivity contribution in [1.82, 2.24) is 0 Å². The van der Waals surface area contributed by atoms with Crippen LogP contribution in [0.1, 0.15) is 23.7 Å². The summed E-state index contributed by atoms with van der Waals surface area (Å²) in [5.74, 6) is -0.253. The topological polar surface area (TPSA) is 32.3 Å². The van der Waals surface area contributed by atoms with E-state index in [2.05, 4.69) is 16.5 Å². The molecule has 1 amide bonds. The largest absolute Gasteiger partial charge is 0.322 e. The molecule has 3 nitrogen and oxygen atoms in total. The zero-order valence-corrected chi connectivity index (χ0v) is 15.3. The molecule has 6 heteroatoms. The molecule has 0 fully saturated rings. The molecule has 0 bridgehead atoms. The van der Waals surface area contributed by atoms with Crippen molar-refractivity contribution in [3.63, 3.8) is 0 Å². The van der Waals surface area contributed by atoms with Crippen molar-refractivity contribution < 1.29 is 4.79 Å². The van der Waals surface area contributed by atoms with Crippen molar-refractivity contribution in [2.24, 2.45) is 0 Å². The fraction of sp³-hybridized carbons (Fsp3) is 0.235. The zero-order valence-electron chi connectivity index (χ0n) is 13.0. The van der Waals surface area contributed by atoms with Crippen LogP contribution in [0, 0.1) is 0 Å². The lowest BCUT2D eigenvalue weighted by Crippen LogP contribution is -2.17. The minimum absolute atomic E-state index is 0.253. The van der Waals surface area contributed by atoms with Gasteiger partial charge in [-0.1, -0.05) is 48.1 Å². The van der Waals surface area contributed by atoms with Crippen molar-refractivity contribution >= 4 is 52.4 Å². The first-order valence-electron chi connectivity index (χ1n) is 7.23. The normalized spacial score (nSPS) is 10.4.